The van der Waals surface area contributed by atoms with Gasteiger partial charge in [0.15, 0.2) is 5.96 Å². The summed E-state index contributed by atoms with van der Waals surface area (Å²) in [7, 11) is 1.80. The number of hydrogen-bond acceptors (Lipinski definition) is 4. The molecule has 2 heterocycles. The standard InChI is InChI=1S/C15H25N5OS.HI/c1-15(2,13(16)21)20-8-6-19(7-9-20)14(17-3)18-11-12-5-4-10-22-12;/h4-5,10H,6-9,11H2,1-3H3,(H2,16,21)(H,17,18);1H. The zero-order valence-corrected chi connectivity index (χ0v) is 17.1. The molecule has 0 aromatic carbocycles. The summed E-state index contributed by atoms with van der Waals surface area (Å²) in [5.74, 6) is 0.631. The Morgan fingerprint density at radius 1 is 1.39 bits per heavy atom. The van der Waals surface area contributed by atoms with Crippen LogP contribution in [0.3, 0.4) is 0 Å². The number of guanidine groups is 1. The van der Waals surface area contributed by atoms with E-state index in [0.717, 1.165) is 38.7 Å². The van der Waals surface area contributed by atoms with Crippen molar-refractivity contribution in [1.29, 1.82) is 0 Å². The van der Waals surface area contributed by atoms with Gasteiger partial charge in [-0.1, -0.05) is 6.07 Å². The first-order valence-electron chi connectivity index (χ1n) is 7.48. The molecule has 130 valence electrons. The zero-order chi connectivity index (χ0) is 16.2. The second kappa shape index (κ2) is 8.84. The summed E-state index contributed by atoms with van der Waals surface area (Å²) < 4.78 is 0. The van der Waals surface area contributed by atoms with Crippen molar-refractivity contribution < 1.29 is 4.79 Å². The van der Waals surface area contributed by atoms with Gasteiger partial charge in [-0.15, -0.1) is 35.3 Å². The van der Waals surface area contributed by atoms with Crippen molar-refractivity contribution in [2.24, 2.45) is 10.7 Å². The summed E-state index contributed by atoms with van der Waals surface area (Å²) >= 11 is 1.73. The fourth-order valence-electron chi connectivity index (χ4n) is 2.54. The Labute approximate surface area is 159 Å². The summed E-state index contributed by atoms with van der Waals surface area (Å²) in [5, 5.41) is 5.47. The van der Waals surface area contributed by atoms with E-state index in [1.54, 1.807) is 18.4 Å². The van der Waals surface area contributed by atoms with Gasteiger partial charge in [-0.2, -0.15) is 0 Å². The first-order valence-corrected chi connectivity index (χ1v) is 8.36. The Kier molecular flexibility index (Phi) is 7.75. The van der Waals surface area contributed by atoms with Crippen LogP contribution in [0.25, 0.3) is 0 Å². The normalized spacial score (nSPS) is 16.8. The average molecular weight is 451 g/mol. The molecule has 1 aliphatic heterocycles. The van der Waals surface area contributed by atoms with Crippen LogP contribution in [0.4, 0.5) is 0 Å². The van der Waals surface area contributed by atoms with E-state index in [2.05, 4.69) is 37.6 Å². The number of hydrogen-bond donors (Lipinski definition) is 2. The minimum atomic E-state index is -0.597. The lowest BCUT2D eigenvalue weighted by atomic mass is 10.0. The highest BCUT2D eigenvalue weighted by molar-refractivity contribution is 14.0. The summed E-state index contributed by atoms with van der Waals surface area (Å²) in [6.07, 6.45) is 0. The Hall–Kier alpha value is -0.870. The van der Waals surface area contributed by atoms with Gasteiger partial charge >= 0.3 is 0 Å². The fourth-order valence-corrected chi connectivity index (χ4v) is 3.19. The molecular formula is C15H26IN5OS. The number of carbonyl (C=O) groups excluding carboxylic acids is 1. The van der Waals surface area contributed by atoms with Gasteiger partial charge in [-0.25, -0.2) is 0 Å². The van der Waals surface area contributed by atoms with Crippen LogP contribution in [0.2, 0.25) is 0 Å². The van der Waals surface area contributed by atoms with Crippen molar-refractivity contribution in [2.75, 3.05) is 33.2 Å². The fraction of sp³-hybridized carbons (Fsp3) is 0.600. The van der Waals surface area contributed by atoms with Gasteiger partial charge in [0.25, 0.3) is 0 Å². The second-order valence-corrected chi connectivity index (χ2v) is 6.91. The molecule has 1 aromatic rings. The maximum absolute atomic E-state index is 11.6. The summed E-state index contributed by atoms with van der Waals surface area (Å²) in [6.45, 7) is 7.83. The maximum Gasteiger partial charge on any atom is 0.237 e. The van der Waals surface area contributed by atoms with Gasteiger partial charge in [0.2, 0.25) is 5.91 Å². The number of halogens is 1. The molecule has 0 unspecified atom stereocenters. The first-order chi connectivity index (χ1) is 10.4. The van der Waals surface area contributed by atoms with Gasteiger partial charge in [-0.05, 0) is 25.3 Å². The van der Waals surface area contributed by atoms with E-state index < -0.39 is 5.54 Å². The van der Waals surface area contributed by atoms with E-state index in [4.69, 9.17) is 5.73 Å². The molecule has 23 heavy (non-hydrogen) atoms. The lowest BCUT2D eigenvalue weighted by Gasteiger charge is -2.43. The van der Waals surface area contributed by atoms with E-state index in [1.807, 2.05) is 13.8 Å². The van der Waals surface area contributed by atoms with E-state index in [9.17, 15) is 4.79 Å². The molecule has 0 bridgehead atoms. The van der Waals surface area contributed by atoms with Crippen LogP contribution in [0.15, 0.2) is 22.5 Å². The van der Waals surface area contributed by atoms with Crippen molar-refractivity contribution in [3.05, 3.63) is 22.4 Å². The molecule has 1 amide bonds. The highest BCUT2D eigenvalue weighted by Crippen LogP contribution is 2.16. The van der Waals surface area contributed by atoms with E-state index >= 15 is 0 Å². The molecule has 0 spiro atoms. The molecule has 0 atom stereocenters. The number of nitrogens with zero attached hydrogens (tertiary/aromatic N) is 3. The smallest absolute Gasteiger partial charge is 0.237 e. The molecule has 1 saturated heterocycles. The number of carbonyl (C=O) groups is 1. The number of nitrogens with one attached hydrogen (secondary N) is 1. The van der Waals surface area contributed by atoms with Crippen molar-refractivity contribution in [2.45, 2.75) is 25.9 Å². The summed E-state index contributed by atoms with van der Waals surface area (Å²) in [4.78, 5) is 21.6. The summed E-state index contributed by atoms with van der Waals surface area (Å²) in [5.41, 5.74) is 4.90. The summed E-state index contributed by atoms with van der Waals surface area (Å²) in [6, 6.07) is 4.16. The first kappa shape index (κ1) is 20.2. The van der Waals surface area contributed by atoms with E-state index in [1.165, 1.54) is 4.88 Å². The number of nitrogens with two attached hydrogens (primary N) is 1. The van der Waals surface area contributed by atoms with Crippen LogP contribution in [0.5, 0.6) is 0 Å². The van der Waals surface area contributed by atoms with Gasteiger partial charge in [0.1, 0.15) is 0 Å². The molecule has 0 aliphatic carbocycles. The zero-order valence-electron chi connectivity index (χ0n) is 13.9. The Bertz CT molecular complexity index is 524. The number of piperazine rings is 1. The molecule has 0 radical (unpaired) electrons. The minimum Gasteiger partial charge on any atom is -0.368 e. The van der Waals surface area contributed by atoms with Gasteiger partial charge in [0.05, 0.1) is 12.1 Å². The molecule has 3 N–H and O–H groups in total. The third-order valence-corrected chi connectivity index (χ3v) is 5.06. The molecule has 8 heteroatoms. The highest BCUT2D eigenvalue weighted by Gasteiger charge is 2.35. The second-order valence-electron chi connectivity index (χ2n) is 5.88. The highest BCUT2D eigenvalue weighted by atomic mass is 127. The molecule has 1 aromatic heterocycles. The van der Waals surface area contributed by atoms with Gasteiger partial charge < -0.3 is 16.0 Å². The number of amides is 1. The van der Waals surface area contributed by atoms with Gasteiger partial charge in [0, 0.05) is 38.1 Å². The molecular weight excluding hydrogens is 425 g/mol. The van der Waals surface area contributed by atoms with Crippen molar-refractivity contribution in [3.63, 3.8) is 0 Å². The number of rotatable bonds is 4. The van der Waals surface area contributed by atoms with Crippen LogP contribution >= 0.6 is 35.3 Å². The predicted octanol–water partition coefficient (Wildman–Crippen LogP) is 1.32. The van der Waals surface area contributed by atoms with Crippen LogP contribution in [0.1, 0.15) is 18.7 Å². The Morgan fingerprint density at radius 3 is 2.52 bits per heavy atom. The quantitative estimate of drug-likeness (QED) is 0.412. The number of aliphatic imine (C=N–C) groups is 1. The van der Waals surface area contributed by atoms with Crippen molar-refractivity contribution in [1.82, 2.24) is 15.1 Å². The Morgan fingerprint density at radius 2 is 2.04 bits per heavy atom. The third kappa shape index (κ3) is 5.05. The maximum atomic E-state index is 11.6. The van der Waals surface area contributed by atoms with Gasteiger partial charge in [-0.3, -0.25) is 14.7 Å². The van der Waals surface area contributed by atoms with E-state index in [-0.39, 0.29) is 29.9 Å². The number of thiophene rings is 1. The molecule has 6 nitrogen and oxygen atoms in total. The monoisotopic (exact) mass is 451 g/mol. The SMILES string of the molecule is CN=C(NCc1cccs1)N1CCN(C(C)(C)C(N)=O)CC1.I. The number of primary amides is 1. The average Bonchev–Trinajstić information content (AvgIpc) is 3.01. The molecule has 0 saturated carbocycles. The van der Waals surface area contributed by atoms with Crippen LogP contribution in [0, 0.1) is 0 Å². The lowest BCUT2D eigenvalue weighted by Crippen LogP contribution is -2.61. The lowest BCUT2D eigenvalue weighted by molar-refractivity contribution is -0.129. The largest absolute Gasteiger partial charge is 0.368 e. The van der Waals surface area contributed by atoms with Crippen molar-refractivity contribution in [3.8, 4) is 0 Å². The Balaban J connectivity index is 0.00000264. The van der Waals surface area contributed by atoms with Crippen LogP contribution in [-0.2, 0) is 11.3 Å². The van der Waals surface area contributed by atoms with E-state index in [0.29, 0.717) is 0 Å². The minimum absolute atomic E-state index is 0. The van der Waals surface area contributed by atoms with Crippen LogP contribution < -0.4 is 11.1 Å². The van der Waals surface area contributed by atoms with Crippen LogP contribution in [-0.4, -0.2) is 60.4 Å². The predicted molar refractivity (Wildman–Crippen MR) is 106 cm³/mol. The molecule has 1 aliphatic rings. The third-order valence-electron chi connectivity index (χ3n) is 4.19. The topological polar surface area (TPSA) is 74.0 Å². The molecule has 1 fully saturated rings. The molecule has 2 rings (SSSR count). The van der Waals surface area contributed by atoms with Crippen molar-refractivity contribution >= 4 is 47.2 Å².